The van der Waals surface area contributed by atoms with E-state index in [1.165, 1.54) is 44.4 Å². The number of aromatic nitrogens is 1. The van der Waals surface area contributed by atoms with Gasteiger partial charge in [-0.15, -0.1) is 0 Å². The summed E-state index contributed by atoms with van der Waals surface area (Å²) in [4.78, 5) is 24.0. The molecule has 148 valence electrons. The lowest BCUT2D eigenvalue weighted by molar-refractivity contribution is 0.0698. The molecule has 0 aliphatic rings. The molecule has 1 amide bonds. The Kier molecular flexibility index (Phi) is 5.06. The Morgan fingerprint density at radius 1 is 1.21 bits per heavy atom. The van der Waals surface area contributed by atoms with E-state index in [2.05, 4.69) is 10.5 Å². The average Bonchev–Trinajstić information content (AvgIpc) is 3.11. The summed E-state index contributed by atoms with van der Waals surface area (Å²) < 4.78 is 30.6. The van der Waals surface area contributed by atoms with Crippen LogP contribution in [0.3, 0.4) is 0 Å². The molecule has 0 saturated carbocycles. The highest BCUT2D eigenvalue weighted by Gasteiger charge is 2.23. The van der Waals surface area contributed by atoms with Crippen molar-refractivity contribution < 1.29 is 27.6 Å². The maximum atomic E-state index is 12.6. The minimum absolute atomic E-state index is 0.0237. The topological polar surface area (TPSA) is 154 Å². The van der Waals surface area contributed by atoms with E-state index in [-0.39, 0.29) is 38.4 Å². The highest BCUT2D eigenvalue weighted by Crippen LogP contribution is 2.25. The van der Waals surface area contributed by atoms with Gasteiger partial charge in [-0.05, 0) is 30.3 Å². The molecule has 1 aromatic heterocycles. The van der Waals surface area contributed by atoms with Gasteiger partial charge in [0.05, 0.1) is 33.2 Å². The summed E-state index contributed by atoms with van der Waals surface area (Å²) in [5.41, 5.74) is -0.221. The molecule has 1 heterocycles. The maximum absolute atomic E-state index is 12.6. The molecule has 2 N–H and O–H groups in total. The Morgan fingerprint density at radius 2 is 1.93 bits per heavy atom. The molecule has 0 saturated heterocycles. The predicted molar refractivity (Wildman–Crippen MR) is 101 cm³/mol. The molecule has 0 fully saturated rings. The molecular formula is C18H14N4O6S. The fourth-order valence-electron chi connectivity index (χ4n) is 2.53. The van der Waals surface area contributed by atoms with Crippen molar-refractivity contribution in [2.45, 2.75) is 4.90 Å². The summed E-state index contributed by atoms with van der Waals surface area (Å²) in [5, 5.41) is 24.5. The van der Waals surface area contributed by atoms with Gasteiger partial charge in [0.15, 0.2) is 11.3 Å². The number of hydrogen-bond acceptors (Lipinski definition) is 7. The fourth-order valence-corrected chi connectivity index (χ4v) is 3.45. The van der Waals surface area contributed by atoms with Crippen LogP contribution in [0.4, 0.5) is 5.69 Å². The third-order valence-electron chi connectivity index (χ3n) is 4.06. The zero-order valence-corrected chi connectivity index (χ0v) is 16.0. The van der Waals surface area contributed by atoms with E-state index in [0.29, 0.717) is 0 Å². The molecule has 0 unspecified atom stereocenters. The molecule has 3 rings (SSSR count). The summed E-state index contributed by atoms with van der Waals surface area (Å²) in [5.74, 6) is -2.07. The number of carboxylic acid groups (broad SMARTS) is 1. The third kappa shape index (κ3) is 3.66. The third-order valence-corrected chi connectivity index (χ3v) is 5.88. The first-order valence-corrected chi connectivity index (χ1v) is 9.50. The number of fused-ring (bicyclic) bond motifs is 1. The van der Waals surface area contributed by atoms with Gasteiger partial charge in [0.25, 0.3) is 5.91 Å². The number of nitrogens with zero attached hydrogens (tertiary/aromatic N) is 3. The van der Waals surface area contributed by atoms with Crippen LogP contribution in [0.25, 0.3) is 11.0 Å². The number of carboxylic acids is 1. The minimum Gasteiger partial charge on any atom is -0.478 e. The standard InChI is InChI=1S/C18H14N4O6S/c1-22(2)29(26,27)11-4-5-12-15(8-11)28-21-16(12)17(23)20-14-6-3-10(9-19)7-13(14)18(24)25/h3-8H,1-2H3,(H,20,23)(H,24,25). The molecule has 29 heavy (non-hydrogen) atoms. The monoisotopic (exact) mass is 414 g/mol. The number of rotatable bonds is 5. The van der Waals surface area contributed by atoms with Gasteiger partial charge in [-0.25, -0.2) is 17.5 Å². The van der Waals surface area contributed by atoms with E-state index in [0.717, 1.165) is 10.4 Å². The van der Waals surface area contributed by atoms with E-state index in [1.54, 1.807) is 0 Å². The van der Waals surface area contributed by atoms with E-state index < -0.39 is 21.9 Å². The lowest BCUT2D eigenvalue weighted by Gasteiger charge is -2.10. The number of benzene rings is 2. The Labute approximate surface area is 165 Å². The predicted octanol–water partition coefficient (Wildman–Crippen LogP) is 1.90. The van der Waals surface area contributed by atoms with Crippen LogP contribution in [-0.4, -0.2) is 49.0 Å². The second-order valence-corrected chi connectivity index (χ2v) is 8.26. The molecule has 0 aliphatic carbocycles. The number of carbonyl (C=O) groups excluding carboxylic acids is 1. The molecule has 2 aromatic carbocycles. The van der Waals surface area contributed by atoms with E-state index in [1.807, 2.05) is 6.07 Å². The smallest absolute Gasteiger partial charge is 0.337 e. The molecule has 0 aliphatic heterocycles. The van der Waals surface area contributed by atoms with Crippen molar-refractivity contribution in [3.8, 4) is 6.07 Å². The van der Waals surface area contributed by atoms with Crippen LogP contribution < -0.4 is 5.32 Å². The lowest BCUT2D eigenvalue weighted by Crippen LogP contribution is -2.22. The summed E-state index contributed by atoms with van der Waals surface area (Å²) in [7, 11) is -0.926. The highest BCUT2D eigenvalue weighted by molar-refractivity contribution is 7.89. The lowest BCUT2D eigenvalue weighted by atomic mass is 10.1. The molecule has 0 bridgehead atoms. The normalized spacial score (nSPS) is 11.4. The first kappa shape index (κ1) is 20.0. The van der Waals surface area contributed by atoms with Gasteiger partial charge in [0, 0.05) is 20.2 Å². The van der Waals surface area contributed by atoms with Crippen molar-refractivity contribution in [2.24, 2.45) is 0 Å². The second-order valence-electron chi connectivity index (χ2n) is 6.11. The number of sulfonamides is 1. The average molecular weight is 414 g/mol. The van der Waals surface area contributed by atoms with Crippen molar-refractivity contribution in [3.63, 3.8) is 0 Å². The second kappa shape index (κ2) is 7.34. The van der Waals surface area contributed by atoms with Crippen LogP contribution in [0, 0.1) is 11.3 Å². The van der Waals surface area contributed by atoms with Gasteiger partial charge in [-0.3, -0.25) is 4.79 Å². The molecule has 3 aromatic rings. The quantitative estimate of drug-likeness (QED) is 0.642. The SMILES string of the molecule is CN(C)S(=O)(=O)c1ccc2c(C(=O)Nc3ccc(C#N)cc3C(=O)O)noc2c1. The number of nitriles is 1. The van der Waals surface area contributed by atoms with E-state index in [9.17, 15) is 23.1 Å². The summed E-state index contributed by atoms with van der Waals surface area (Å²) in [6.45, 7) is 0. The van der Waals surface area contributed by atoms with Crippen molar-refractivity contribution in [3.05, 3.63) is 53.2 Å². The van der Waals surface area contributed by atoms with Crippen LogP contribution >= 0.6 is 0 Å². The van der Waals surface area contributed by atoms with Crippen LogP contribution in [0.5, 0.6) is 0 Å². The Bertz CT molecular complexity index is 1290. The van der Waals surface area contributed by atoms with Gasteiger partial charge in [-0.1, -0.05) is 5.16 Å². The van der Waals surface area contributed by atoms with Crippen molar-refractivity contribution in [2.75, 3.05) is 19.4 Å². The highest BCUT2D eigenvalue weighted by atomic mass is 32.2. The molecular weight excluding hydrogens is 400 g/mol. The van der Waals surface area contributed by atoms with Gasteiger partial charge >= 0.3 is 5.97 Å². The largest absolute Gasteiger partial charge is 0.478 e. The summed E-state index contributed by atoms with van der Waals surface area (Å²) in [6, 6.07) is 9.57. The number of hydrogen-bond donors (Lipinski definition) is 2. The number of anilines is 1. The van der Waals surface area contributed by atoms with Crippen molar-refractivity contribution in [1.82, 2.24) is 9.46 Å². The molecule has 0 spiro atoms. The first-order valence-electron chi connectivity index (χ1n) is 8.06. The van der Waals surface area contributed by atoms with Crippen LogP contribution in [0.2, 0.25) is 0 Å². The minimum atomic E-state index is -3.70. The van der Waals surface area contributed by atoms with Crippen LogP contribution in [-0.2, 0) is 10.0 Å². The molecule has 0 radical (unpaired) electrons. The van der Waals surface area contributed by atoms with E-state index in [4.69, 9.17) is 9.78 Å². The summed E-state index contributed by atoms with van der Waals surface area (Å²) >= 11 is 0. The molecule has 0 atom stereocenters. The zero-order valence-electron chi connectivity index (χ0n) is 15.2. The fraction of sp³-hybridized carbons (Fsp3) is 0.111. The first-order chi connectivity index (χ1) is 13.6. The van der Waals surface area contributed by atoms with Gasteiger partial charge in [0.1, 0.15) is 0 Å². The van der Waals surface area contributed by atoms with Gasteiger partial charge in [-0.2, -0.15) is 5.26 Å². The Hall–Kier alpha value is -3.75. The maximum Gasteiger partial charge on any atom is 0.337 e. The van der Waals surface area contributed by atoms with Crippen LogP contribution in [0.15, 0.2) is 45.8 Å². The molecule has 11 heteroatoms. The van der Waals surface area contributed by atoms with Crippen LogP contribution in [0.1, 0.15) is 26.4 Å². The van der Waals surface area contributed by atoms with E-state index >= 15 is 0 Å². The number of amides is 1. The number of carbonyl (C=O) groups is 2. The number of aromatic carboxylic acids is 1. The Balaban J connectivity index is 1.97. The molecule has 10 nitrogen and oxygen atoms in total. The van der Waals surface area contributed by atoms with Gasteiger partial charge in [0.2, 0.25) is 10.0 Å². The van der Waals surface area contributed by atoms with Crippen molar-refractivity contribution in [1.29, 1.82) is 5.26 Å². The summed E-state index contributed by atoms with van der Waals surface area (Å²) in [6.07, 6.45) is 0. The van der Waals surface area contributed by atoms with Gasteiger partial charge < -0.3 is 14.9 Å². The zero-order chi connectivity index (χ0) is 21.3. The van der Waals surface area contributed by atoms with Crippen molar-refractivity contribution >= 4 is 38.6 Å². The number of nitrogens with one attached hydrogen (secondary N) is 1. The Morgan fingerprint density at radius 3 is 2.55 bits per heavy atom.